The van der Waals surface area contributed by atoms with Crippen molar-refractivity contribution in [3.63, 3.8) is 0 Å². The molecule has 30 heavy (non-hydrogen) atoms. The standard InChI is InChI=1S/C20H22ClN5O3S/c1-14-10-19(26(23-14)16-7-5-6-15(21)11-16)22-20(27)18-12-17(13-24(18)2)30(28,29)25-8-3-4-9-25/h5-7,10-13H,3-4,8-9H2,1-2H3,(H,22,27). The molecule has 1 aliphatic heterocycles. The van der Waals surface area contributed by atoms with Gasteiger partial charge in [-0.2, -0.15) is 9.40 Å². The second kappa shape index (κ2) is 7.90. The summed E-state index contributed by atoms with van der Waals surface area (Å²) in [5.74, 6) is 0.0356. The third kappa shape index (κ3) is 3.88. The zero-order chi connectivity index (χ0) is 21.5. The second-order valence-corrected chi connectivity index (χ2v) is 9.67. The van der Waals surface area contributed by atoms with Crippen LogP contribution in [0.25, 0.3) is 5.69 Å². The molecule has 1 N–H and O–H groups in total. The van der Waals surface area contributed by atoms with Crippen LogP contribution in [0.2, 0.25) is 5.02 Å². The summed E-state index contributed by atoms with van der Waals surface area (Å²) in [4.78, 5) is 13.1. The van der Waals surface area contributed by atoms with Crippen LogP contribution in [0, 0.1) is 6.92 Å². The number of nitrogens with one attached hydrogen (secondary N) is 1. The Hall–Kier alpha value is -2.62. The molecule has 0 saturated carbocycles. The van der Waals surface area contributed by atoms with E-state index in [-0.39, 0.29) is 10.6 Å². The number of nitrogens with zero attached hydrogens (tertiary/aromatic N) is 4. The number of amides is 1. The van der Waals surface area contributed by atoms with E-state index in [1.165, 1.54) is 21.1 Å². The van der Waals surface area contributed by atoms with E-state index in [1.807, 2.05) is 13.0 Å². The molecule has 3 heterocycles. The van der Waals surface area contributed by atoms with Gasteiger partial charge in [0.25, 0.3) is 5.91 Å². The van der Waals surface area contributed by atoms with Crippen LogP contribution in [-0.2, 0) is 17.1 Å². The first-order chi connectivity index (χ1) is 14.3. The van der Waals surface area contributed by atoms with Crippen LogP contribution in [0.15, 0.2) is 47.5 Å². The molecule has 1 fully saturated rings. The first kappa shape index (κ1) is 20.6. The minimum atomic E-state index is -3.60. The number of benzene rings is 1. The number of aromatic nitrogens is 3. The molecule has 0 unspecified atom stereocenters. The Bertz CT molecular complexity index is 1210. The molecule has 8 nitrogen and oxygen atoms in total. The van der Waals surface area contributed by atoms with E-state index < -0.39 is 15.9 Å². The molecule has 1 saturated heterocycles. The van der Waals surface area contributed by atoms with E-state index in [1.54, 1.807) is 36.0 Å². The van der Waals surface area contributed by atoms with Crippen molar-refractivity contribution in [1.82, 2.24) is 18.7 Å². The molecular weight excluding hydrogens is 426 g/mol. The molecule has 0 radical (unpaired) electrons. The summed E-state index contributed by atoms with van der Waals surface area (Å²) in [6.45, 7) is 2.84. The lowest BCUT2D eigenvalue weighted by atomic mass is 10.3. The lowest BCUT2D eigenvalue weighted by Crippen LogP contribution is -2.27. The van der Waals surface area contributed by atoms with Gasteiger partial charge in [0, 0.05) is 37.4 Å². The van der Waals surface area contributed by atoms with Crippen LogP contribution in [0.4, 0.5) is 5.82 Å². The quantitative estimate of drug-likeness (QED) is 0.650. The van der Waals surface area contributed by atoms with Gasteiger partial charge in [0.05, 0.1) is 11.4 Å². The average Bonchev–Trinajstić information content (AvgIpc) is 3.42. The van der Waals surface area contributed by atoms with E-state index in [4.69, 9.17) is 11.6 Å². The van der Waals surface area contributed by atoms with Gasteiger partial charge in [0.2, 0.25) is 10.0 Å². The predicted octanol–water partition coefficient (Wildman–Crippen LogP) is 3.21. The van der Waals surface area contributed by atoms with E-state index >= 15 is 0 Å². The lowest BCUT2D eigenvalue weighted by molar-refractivity contribution is 0.101. The Morgan fingerprint density at radius 2 is 1.90 bits per heavy atom. The minimum absolute atomic E-state index is 0.122. The van der Waals surface area contributed by atoms with Crippen molar-refractivity contribution in [2.45, 2.75) is 24.7 Å². The van der Waals surface area contributed by atoms with Gasteiger partial charge in [0.15, 0.2) is 0 Å². The fraction of sp³-hybridized carbons (Fsp3) is 0.300. The second-order valence-electron chi connectivity index (χ2n) is 7.30. The highest BCUT2D eigenvalue weighted by Gasteiger charge is 2.29. The number of hydrogen-bond donors (Lipinski definition) is 1. The largest absolute Gasteiger partial charge is 0.345 e. The normalized spacial score (nSPS) is 14.9. The maximum absolute atomic E-state index is 12.9. The third-order valence-corrected chi connectivity index (χ3v) is 7.14. The monoisotopic (exact) mass is 447 g/mol. The zero-order valence-electron chi connectivity index (χ0n) is 16.7. The van der Waals surface area contributed by atoms with Gasteiger partial charge in [0.1, 0.15) is 16.4 Å². The van der Waals surface area contributed by atoms with Crippen LogP contribution in [0.5, 0.6) is 0 Å². The summed E-state index contributed by atoms with van der Waals surface area (Å²) >= 11 is 6.08. The number of sulfonamides is 1. The Morgan fingerprint density at radius 3 is 2.60 bits per heavy atom. The molecule has 0 bridgehead atoms. The van der Waals surface area contributed by atoms with Gasteiger partial charge in [-0.3, -0.25) is 4.79 Å². The summed E-state index contributed by atoms with van der Waals surface area (Å²) in [5.41, 5.74) is 1.66. The zero-order valence-corrected chi connectivity index (χ0v) is 18.2. The van der Waals surface area contributed by atoms with Gasteiger partial charge in [-0.25, -0.2) is 13.1 Å². The maximum atomic E-state index is 12.9. The van der Waals surface area contributed by atoms with Crippen molar-refractivity contribution in [2.24, 2.45) is 7.05 Å². The molecule has 158 valence electrons. The first-order valence-electron chi connectivity index (χ1n) is 9.56. The molecule has 0 atom stereocenters. The van der Waals surface area contributed by atoms with E-state index in [2.05, 4.69) is 10.4 Å². The molecule has 0 aliphatic carbocycles. The SMILES string of the molecule is Cc1cc(NC(=O)c2cc(S(=O)(=O)N3CCCC3)cn2C)n(-c2cccc(Cl)c2)n1. The topological polar surface area (TPSA) is 89.2 Å². The molecule has 1 aromatic carbocycles. The van der Waals surface area contributed by atoms with Gasteiger partial charge in [-0.15, -0.1) is 0 Å². The summed E-state index contributed by atoms with van der Waals surface area (Å²) < 4.78 is 30.2. The van der Waals surface area contributed by atoms with Crippen LogP contribution >= 0.6 is 11.6 Å². The van der Waals surface area contributed by atoms with Crippen molar-refractivity contribution in [2.75, 3.05) is 18.4 Å². The average molecular weight is 448 g/mol. The van der Waals surface area contributed by atoms with Crippen molar-refractivity contribution >= 4 is 33.3 Å². The van der Waals surface area contributed by atoms with Crippen molar-refractivity contribution in [3.8, 4) is 5.69 Å². The minimum Gasteiger partial charge on any atom is -0.345 e. The molecule has 4 rings (SSSR count). The number of hydrogen-bond acceptors (Lipinski definition) is 4. The number of carbonyl (C=O) groups excluding carboxylic acids is 1. The van der Waals surface area contributed by atoms with E-state index in [9.17, 15) is 13.2 Å². The molecular formula is C20H22ClN5O3S. The van der Waals surface area contributed by atoms with Crippen molar-refractivity contribution in [3.05, 3.63) is 59.0 Å². The van der Waals surface area contributed by atoms with Crippen LogP contribution < -0.4 is 5.32 Å². The summed E-state index contributed by atoms with van der Waals surface area (Å²) in [6.07, 6.45) is 3.18. The predicted molar refractivity (Wildman–Crippen MR) is 115 cm³/mol. The highest BCUT2D eigenvalue weighted by Crippen LogP contribution is 2.24. The van der Waals surface area contributed by atoms with Gasteiger partial charge in [-0.05, 0) is 44.0 Å². The third-order valence-electron chi connectivity index (χ3n) is 5.04. The number of aryl methyl sites for hydroxylation is 2. The summed E-state index contributed by atoms with van der Waals surface area (Å²) in [7, 11) is -1.95. The Balaban J connectivity index is 1.62. The van der Waals surface area contributed by atoms with Crippen molar-refractivity contribution in [1.29, 1.82) is 0 Å². The summed E-state index contributed by atoms with van der Waals surface area (Å²) in [5, 5.41) is 7.80. The van der Waals surface area contributed by atoms with Gasteiger partial charge >= 0.3 is 0 Å². The lowest BCUT2D eigenvalue weighted by Gasteiger charge is -2.13. The molecule has 0 spiro atoms. The van der Waals surface area contributed by atoms with Crippen molar-refractivity contribution < 1.29 is 13.2 Å². The smallest absolute Gasteiger partial charge is 0.273 e. The number of halogens is 1. The summed E-state index contributed by atoms with van der Waals surface area (Å²) in [6, 6.07) is 10.3. The molecule has 1 amide bonds. The van der Waals surface area contributed by atoms with E-state index in [0.29, 0.717) is 29.6 Å². The van der Waals surface area contributed by atoms with Crippen LogP contribution in [-0.4, -0.2) is 46.1 Å². The molecule has 3 aromatic rings. The Kier molecular flexibility index (Phi) is 5.44. The number of carbonyl (C=O) groups is 1. The Labute approximate surface area is 180 Å². The van der Waals surface area contributed by atoms with Gasteiger partial charge < -0.3 is 9.88 Å². The van der Waals surface area contributed by atoms with Crippen LogP contribution in [0.1, 0.15) is 29.0 Å². The molecule has 2 aromatic heterocycles. The van der Waals surface area contributed by atoms with Gasteiger partial charge in [-0.1, -0.05) is 17.7 Å². The number of anilines is 1. The molecule has 1 aliphatic rings. The van der Waals surface area contributed by atoms with Crippen LogP contribution in [0.3, 0.4) is 0 Å². The fourth-order valence-corrected chi connectivity index (χ4v) is 5.33. The first-order valence-corrected chi connectivity index (χ1v) is 11.4. The van der Waals surface area contributed by atoms with E-state index in [0.717, 1.165) is 18.5 Å². The Morgan fingerprint density at radius 1 is 1.17 bits per heavy atom. The highest BCUT2D eigenvalue weighted by atomic mass is 35.5. The fourth-order valence-electron chi connectivity index (χ4n) is 3.55. The molecule has 10 heteroatoms. The maximum Gasteiger partial charge on any atom is 0.273 e. The highest BCUT2D eigenvalue weighted by molar-refractivity contribution is 7.89. The number of rotatable bonds is 5.